The van der Waals surface area contributed by atoms with Crippen LogP contribution in [0, 0.1) is 13.0 Å². The number of hydrogen-bond donors (Lipinski definition) is 0. The Morgan fingerprint density at radius 1 is 1.44 bits per heavy atom. The first-order chi connectivity index (χ1) is 8.04. The van der Waals surface area contributed by atoms with Gasteiger partial charge in [0.1, 0.15) is 5.76 Å². The normalized spacial score (nSPS) is 10.1. The summed E-state index contributed by atoms with van der Waals surface area (Å²) in [7, 11) is 0. The van der Waals surface area contributed by atoms with Gasteiger partial charge in [-0.3, -0.25) is 0 Å². The van der Waals surface area contributed by atoms with Gasteiger partial charge in [0.2, 0.25) is 0 Å². The molecular weight excluding hydrogens is 297 g/mol. The topological polar surface area (TPSA) is 9.23 Å². The van der Waals surface area contributed by atoms with Crippen molar-refractivity contribution in [1.82, 2.24) is 0 Å². The summed E-state index contributed by atoms with van der Waals surface area (Å²) in [5.74, 6) is 0.720. The monoisotopic (exact) mass is 320 g/mol. The number of benzene rings is 1. The Labute approximate surface area is 137 Å². The molecule has 1 rings (SSSR count). The fourth-order valence-electron chi connectivity index (χ4n) is 1.14. The quantitative estimate of drug-likeness (QED) is 0.434. The third-order valence-electron chi connectivity index (χ3n) is 2.06. The first-order valence-electron chi connectivity index (χ1n) is 6.06. The van der Waals surface area contributed by atoms with Crippen molar-refractivity contribution in [3.63, 3.8) is 0 Å². The Balaban J connectivity index is 0. The van der Waals surface area contributed by atoms with Crippen molar-refractivity contribution in [1.29, 1.82) is 0 Å². The molecule has 0 bridgehead atoms. The molecule has 0 fully saturated rings. The maximum atomic E-state index is 5.55. The minimum atomic E-state index is 0. The Morgan fingerprint density at radius 3 is 2.39 bits per heavy atom. The van der Waals surface area contributed by atoms with E-state index >= 15 is 0 Å². The molecule has 1 nitrogen and oxygen atoms in total. The molecule has 97 valence electrons. The van der Waals surface area contributed by atoms with E-state index in [9.17, 15) is 0 Å². The summed E-state index contributed by atoms with van der Waals surface area (Å²) in [6.07, 6.45) is 1.28. The molecular formula is C16H23OY-. The number of aryl methyl sites for hydroxylation is 1. The van der Waals surface area contributed by atoms with E-state index in [-0.39, 0.29) is 38.8 Å². The second kappa shape index (κ2) is 11.7. The maximum Gasteiger partial charge on any atom is 0.134 e. The van der Waals surface area contributed by atoms with Crippen molar-refractivity contribution >= 4 is 0 Å². The molecule has 0 saturated heterocycles. The summed E-state index contributed by atoms with van der Waals surface area (Å²) in [6.45, 7) is 13.6. The van der Waals surface area contributed by atoms with Crippen LogP contribution in [-0.4, -0.2) is 0 Å². The standard InChI is InChI=1S/C13H15O.C3H8.Y/c1-5-11(3)14-12(4)13-8-6-10(2)7-9-13;1-3-2;/h6,8-9,12H,1H2,2-4H3;3H2,1-2H3;/q-1;;. The summed E-state index contributed by atoms with van der Waals surface area (Å²) in [6, 6.07) is 9.18. The average molecular weight is 320 g/mol. The SMILES string of the molecule is C=C=C(C)OC(C)c1c[c-]c(C)cc1.CCC.[Y]. The molecule has 18 heavy (non-hydrogen) atoms. The van der Waals surface area contributed by atoms with E-state index < -0.39 is 0 Å². The van der Waals surface area contributed by atoms with Crippen molar-refractivity contribution < 1.29 is 37.4 Å². The van der Waals surface area contributed by atoms with Crippen LogP contribution in [-0.2, 0) is 37.4 Å². The Hall–Kier alpha value is -0.356. The van der Waals surface area contributed by atoms with Crippen molar-refractivity contribution in [2.75, 3.05) is 0 Å². The molecule has 0 N–H and O–H groups in total. The van der Waals surface area contributed by atoms with E-state index in [1.165, 1.54) is 6.42 Å². The number of allylic oxidation sites excluding steroid dienone is 1. The molecule has 0 aliphatic carbocycles. The van der Waals surface area contributed by atoms with Crippen LogP contribution in [0.4, 0.5) is 0 Å². The van der Waals surface area contributed by atoms with Gasteiger partial charge in [0, 0.05) is 39.6 Å². The third kappa shape index (κ3) is 8.69. The molecule has 0 heterocycles. The minimum absolute atomic E-state index is 0. The molecule has 1 aromatic carbocycles. The smallest absolute Gasteiger partial charge is 0.134 e. The van der Waals surface area contributed by atoms with Gasteiger partial charge in [0.05, 0.1) is 6.10 Å². The summed E-state index contributed by atoms with van der Waals surface area (Å²) < 4.78 is 5.55. The fourth-order valence-corrected chi connectivity index (χ4v) is 1.14. The van der Waals surface area contributed by atoms with E-state index in [1.54, 1.807) is 0 Å². The predicted molar refractivity (Wildman–Crippen MR) is 73.8 cm³/mol. The second-order valence-corrected chi connectivity index (χ2v) is 4.01. The fraction of sp³-hybridized carbons (Fsp3) is 0.438. The van der Waals surface area contributed by atoms with Gasteiger partial charge in [-0.25, -0.2) is 0 Å². The van der Waals surface area contributed by atoms with Crippen LogP contribution in [0.5, 0.6) is 0 Å². The molecule has 2 heteroatoms. The minimum Gasteiger partial charge on any atom is -0.495 e. The number of hydrogen-bond acceptors (Lipinski definition) is 1. The molecule has 1 unspecified atom stereocenters. The third-order valence-corrected chi connectivity index (χ3v) is 2.06. The van der Waals surface area contributed by atoms with E-state index in [1.807, 2.05) is 39.0 Å². The van der Waals surface area contributed by atoms with Crippen molar-refractivity contribution in [3.8, 4) is 0 Å². The van der Waals surface area contributed by atoms with Gasteiger partial charge in [-0.2, -0.15) is 29.8 Å². The molecule has 1 aromatic rings. The zero-order valence-electron chi connectivity index (χ0n) is 12.2. The van der Waals surface area contributed by atoms with E-state index in [0.717, 1.165) is 16.9 Å². The predicted octanol–water partition coefficient (Wildman–Crippen LogP) is 4.98. The summed E-state index contributed by atoms with van der Waals surface area (Å²) in [5, 5.41) is 0. The molecule has 0 aliphatic heterocycles. The Morgan fingerprint density at radius 2 is 2.00 bits per heavy atom. The van der Waals surface area contributed by atoms with Crippen LogP contribution in [0.1, 0.15) is 51.3 Å². The molecule has 1 atom stereocenters. The zero-order chi connectivity index (χ0) is 13.3. The van der Waals surface area contributed by atoms with E-state index in [2.05, 4.69) is 32.2 Å². The second-order valence-electron chi connectivity index (χ2n) is 4.01. The summed E-state index contributed by atoms with van der Waals surface area (Å²) >= 11 is 0. The largest absolute Gasteiger partial charge is 0.495 e. The number of rotatable bonds is 3. The van der Waals surface area contributed by atoms with E-state index in [4.69, 9.17) is 4.74 Å². The van der Waals surface area contributed by atoms with Crippen molar-refractivity contribution in [2.24, 2.45) is 0 Å². The van der Waals surface area contributed by atoms with Gasteiger partial charge >= 0.3 is 0 Å². The van der Waals surface area contributed by atoms with Crippen LogP contribution in [0.25, 0.3) is 0 Å². The Bertz CT molecular complexity index is 361. The van der Waals surface area contributed by atoms with Gasteiger partial charge in [0.25, 0.3) is 0 Å². The van der Waals surface area contributed by atoms with Gasteiger partial charge in [-0.15, -0.1) is 5.56 Å². The van der Waals surface area contributed by atoms with Crippen LogP contribution in [0.15, 0.2) is 36.3 Å². The molecule has 0 aliphatic rings. The van der Waals surface area contributed by atoms with Gasteiger partial charge in [0.15, 0.2) is 0 Å². The average Bonchev–Trinajstić information content (AvgIpc) is 2.30. The number of ether oxygens (including phenoxy) is 1. The first-order valence-corrected chi connectivity index (χ1v) is 6.06. The van der Waals surface area contributed by atoms with Gasteiger partial charge in [-0.05, 0) is 6.92 Å². The first kappa shape index (κ1) is 20.0. The van der Waals surface area contributed by atoms with Crippen LogP contribution in [0.2, 0.25) is 0 Å². The van der Waals surface area contributed by atoms with Gasteiger partial charge < -0.3 is 4.74 Å². The molecule has 0 amide bonds. The molecule has 0 saturated carbocycles. The van der Waals surface area contributed by atoms with E-state index in [0.29, 0.717) is 0 Å². The summed E-state index contributed by atoms with van der Waals surface area (Å²) in [4.78, 5) is 0. The summed E-state index contributed by atoms with van der Waals surface area (Å²) in [5.41, 5.74) is 4.96. The zero-order valence-corrected chi connectivity index (χ0v) is 15.0. The molecule has 0 aromatic heterocycles. The van der Waals surface area contributed by atoms with Crippen LogP contribution >= 0.6 is 0 Å². The van der Waals surface area contributed by atoms with Crippen LogP contribution in [0.3, 0.4) is 0 Å². The van der Waals surface area contributed by atoms with Crippen molar-refractivity contribution in [2.45, 2.75) is 47.1 Å². The van der Waals surface area contributed by atoms with Crippen molar-refractivity contribution in [3.05, 3.63) is 53.5 Å². The molecule has 0 spiro atoms. The van der Waals surface area contributed by atoms with Crippen LogP contribution < -0.4 is 0 Å². The maximum absolute atomic E-state index is 5.55. The Kier molecular flexibility index (Phi) is 13.0. The van der Waals surface area contributed by atoms with Gasteiger partial charge in [-0.1, -0.05) is 39.5 Å². The molecule has 1 radical (unpaired) electrons.